The van der Waals surface area contributed by atoms with Crippen molar-refractivity contribution in [3.63, 3.8) is 0 Å². The Morgan fingerprint density at radius 2 is 1.41 bits per heavy atom. The van der Waals surface area contributed by atoms with Crippen molar-refractivity contribution < 1.29 is 9.59 Å². The van der Waals surface area contributed by atoms with E-state index in [1.165, 1.54) is 10.5 Å². The van der Waals surface area contributed by atoms with Crippen molar-refractivity contribution in [1.29, 1.82) is 0 Å². The molecule has 1 atom stereocenters. The third kappa shape index (κ3) is 6.05. The lowest BCUT2D eigenvalue weighted by atomic mass is 9.98. The standard InChI is InChI=1S/C27H31N3O2/c1-19-13-15-23(16-14-19)27(22-11-6-5-7-12-22)28-17-25(32)30(4)18-24(31)29-26-20(2)9-8-10-21(26)3/h5-16,27-28H,17-18H2,1-4H3,(H,29,31)/t27-/m0/s1. The van der Waals surface area contributed by atoms with Crippen LogP contribution in [-0.4, -0.2) is 36.9 Å². The fourth-order valence-electron chi connectivity index (χ4n) is 3.65. The summed E-state index contributed by atoms with van der Waals surface area (Å²) < 4.78 is 0. The first-order valence-electron chi connectivity index (χ1n) is 10.8. The van der Waals surface area contributed by atoms with E-state index in [0.29, 0.717) is 0 Å². The smallest absolute Gasteiger partial charge is 0.243 e. The molecule has 32 heavy (non-hydrogen) atoms. The average molecular weight is 430 g/mol. The Bertz CT molecular complexity index is 1040. The lowest BCUT2D eigenvalue weighted by Gasteiger charge is -2.23. The van der Waals surface area contributed by atoms with E-state index >= 15 is 0 Å². The fraction of sp³-hybridized carbons (Fsp3) is 0.259. The molecule has 3 aromatic carbocycles. The third-order valence-electron chi connectivity index (χ3n) is 5.55. The van der Waals surface area contributed by atoms with Crippen LogP contribution in [0.3, 0.4) is 0 Å². The zero-order chi connectivity index (χ0) is 23.1. The van der Waals surface area contributed by atoms with E-state index in [1.807, 2.05) is 62.4 Å². The molecule has 0 aromatic heterocycles. The van der Waals surface area contributed by atoms with Crippen LogP contribution in [0.2, 0.25) is 0 Å². The number of amides is 2. The number of hydrogen-bond acceptors (Lipinski definition) is 3. The number of carbonyl (C=O) groups is 2. The summed E-state index contributed by atoms with van der Waals surface area (Å²) in [6.07, 6.45) is 0. The Morgan fingerprint density at radius 3 is 2.03 bits per heavy atom. The van der Waals surface area contributed by atoms with E-state index in [4.69, 9.17) is 0 Å². The van der Waals surface area contributed by atoms with Crippen molar-refractivity contribution in [2.75, 3.05) is 25.5 Å². The van der Waals surface area contributed by atoms with E-state index in [-0.39, 0.29) is 30.9 Å². The second-order valence-electron chi connectivity index (χ2n) is 8.20. The molecule has 3 aromatic rings. The molecule has 0 aliphatic carbocycles. The van der Waals surface area contributed by atoms with Gasteiger partial charge in [-0.25, -0.2) is 0 Å². The van der Waals surface area contributed by atoms with Gasteiger partial charge in [-0.1, -0.05) is 78.4 Å². The zero-order valence-corrected chi connectivity index (χ0v) is 19.2. The zero-order valence-electron chi connectivity index (χ0n) is 19.2. The van der Waals surface area contributed by atoms with E-state index in [9.17, 15) is 9.59 Å². The highest BCUT2D eigenvalue weighted by Gasteiger charge is 2.18. The van der Waals surface area contributed by atoms with Gasteiger partial charge in [0.1, 0.15) is 0 Å². The Morgan fingerprint density at radius 1 is 0.812 bits per heavy atom. The molecule has 5 heteroatoms. The second-order valence-corrected chi connectivity index (χ2v) is 8.20. The molecule has 0 saturated heterocycles. The first-order valence-corrected chi connectivity index (χ1v) is 10.8. The SMILES string of the molecule is Cc1ccc([C@@H](NCC(=O)N(C)CC(=O)Nc2c(C)cccc2C)c2ccccc2)cc1. The largest absolute Gasteiger partial charge is 0.335 e. The molecule has 0 aliphatic rings. The van der Waals surface area contributed by atoms with Crippen LogP contribution in [-0.2, 0) is 9.59 Å². The van der Waals surface area contributed by atoms with Crippen molar-refractivity contribution in [2.24, 2.45) is 0 Å². The van der Waals surface area contributed by atoms with E-state index in [1.54, 1.807) is 7.05 Å². The van der Waals surface area contributed by atoms with Crippen LogP contribution in [0, 0.1) is 20.8 Å². The van der Waals surface area contributed by atoms with Crippen molar-refractivity contribution >= 4 is 17.5 Å². The highest BCUT2D eigenvalue weighted by atomic mass is 16.2. The van der Waals surface area contributed by atoms with Gasteiger partial charge in [0.15, 0.2) is 0 Å². The Labute approximate surface area is 190 Å². The summed E-state index contributed by atoms with van der Waals surface area (Å²) in [5.41, 5.74) is 6.16. The highest BCUT2D eigenvalue weighted by molar-refractivity contribution is 5.95. The summed E-state index contributed by atoms with van der Waals surface area (Å²) >= 11 is 0. The van der Waals surface area contributed by atoms with Crippen LogP contribution in [0.4, 0.5) is 5.69 Å². The first kappa shape index (κ1) is 23.2. The number of nitrogens with one attached hydrogen (secondary N) is 2. The number of para-hydroxylation sites is 1. The van der Waals surface area contributed by atoms with E-state index in [0.717, 1.165) is 27.9 Å². The number of hydrogen-bond donors (Lipinski definition) is 2. The van der Waals surface area contributed by atoms with Crippen molar-refractivity contribution in [1.82, 2.24) is 10.2 Å². The van der Waals surface area contributed by atoms with Gasteiger partial charge in [0.25, 0.3) is 0 Å². The number of aryl methyl sites for hydroxylation is 3. The van der Waals surface area contributed by atoms with Gasteiger partial charge in [0.05, 0.1) is 19.1 Å². The molecule has 0 saturated carbocycles. The minimum Gasteiger partial charge on any atom is -0.335 e. The second kappa shape index (κ2) is 10.7. The fourth-order valence-corrected chi connectivity index (χ4v) is 3.65. The van der Waals surface area contributed by atoms with Crippen molar-refractivity contribution in [2.45, 2.75) is 26.8 Å². The summed E-state index contributed by atoms with van der Waals surface area (Å²) in [7, 11) is 1.65. The molecule has 0 aliphatic heterocycles. The van der Waals surface area contributed by atoms with Gasteiger partial charge < -0.3 is 10.2 Å². The van der Waals surface area contributed by atoms with Gasteiger partial charge in [0, 0.05) is 12.7 Å². The molecule has 166 valence electrons. The minimum absolute atomic E-state index is 0.00514. The van der Waals surface area contributed by atoms with Gasteiger partial charge in [-0.05, 0) is 43.0 Å². The molecule has 0 radical (unpaired) electrons. The Balaban J connectivity index is 1.63. The maximum Gasteiger partial charge on any atom is 0.243 e. The third-order valence-corrected chi connectivity index (χ3v) is 5.55. The summed E-state index contributed by atoms with van der Waals surface area (Å²) in [5.74, 6) is -0.355. The van der Waals surface area contributed by atoms with Gasteiger partial charge in [0.2, 0.25) is 11.8 Å². The Hall–Kier alpha value is -3.44. The van der Waals surface area contributed by atoms with Crippen LogP contribution >= 0.6 is 0 Å². The van der Waals surface area contributed by atoms with Gasteiger partial charge >= 0.3 is 0 Å². The minimum atomic E-state index is -0.212. The normalized spacial score (nSPS) is 11.6. The predicted octanol–water partition coefficient (Wildman–Crippen LogP) is 4.39. The quantitative estimate of drug-likeness (QED) is 0.558. The molecule has 2 amide bonds. The molecule has 5 nitrogen and oxygen atoms in total. The number of rotatable bonds is 8. The van der Waals surface area contributed by atoms with Crippen LogP contribution in [0.5, 0.6) is 0 Å². The predicted molar refractivity (Wildman–Crippen MR) is 130 cm³/mol. The highest BCUT2D eigenvalue weighted by Crippen LogP contribution is 2.22. The number of nitrogens with zero attached hydrogens (tertiary/aromatic N) is 1. The van der Waals surface area contributed by atoms with E-state index in [2.05, 4.69) is 41.8 Å². The number of anilines is 1. The monoisotopic (exact) mass is 429 g/mol. The molecule has 0 bridgehead atoms. The molecule has 2 N–H and O–H groups in total. The van der Waals surface area contributed by atoms with Crippen LogP contribution in [0.25, 0.3) is 0 Å². The maximum atomic E-state index is 12.8. The molecular formula is C27H31N3O2. The van der Waals surface area contributed by atoms with Crippen LogP contribution in [0.15, 0.2) is 72.8 Å². The molecule has 3 rings (SSSR count). The topological polar surface area (TPSA) is 61.4 Å². The van der Waals surface area contributed by atoms with Crippen molar-refractivity contribution in [3.8, 4) is 0 Å². The molecular weight excluding hydrogens is 398 g/mol. The maximum absolute atomic E-state index is 12.8. The van der Waals surface area contributed by atoms with Crippen LogP contribution < -0.4 is 10.6 Å². The lowest BCUT2D eigenvalue weighted by Crippen LogP contribution is -2.41. The van der Waals surface area contributed by atoms with E-state index < -0.39 is 0 Å². The molecule has 0 spiro atoms. The number of benzene rings is 3. The molecule has 0 fully saturated rings. The van der Waals surface area contributed by atoms with Gasteiger partial charge in [-0.2, -0.15) is 0 Å². The lowest BCUT2D eigenvalue weighted by molar-refractivity contribution is -0.132. The number of carbonyl (C=O) groups excluding carboxylic acids is 2. The van der Waals surface area contributed by atoms with Crippen LogP contribution in [0.1, 0.15) is 33.9 Å². The van der Waals surface area contributed by atoms with Gasteiger partial charge in [-0.15, -0.1) is 0 Å². The summed E-state index contributed by atoms with van der Waals surface area (Å²) in [5, 5.41) is 6.30. The van der Waals surface area contributed by atoms with Gasteiger partial charge in [-0.3, -0.25) is 14.9 Å². The summed E-state index contributed by atoms with van der Waals surface area (Å²) in [6, 6.07) is 24.1. The molecule has 0 heterocycles. The van der Waals surface area contributed by atoms with Crippen molar-refractivity contribution in [3.05, 3.63) is 101 Å². The summed E-state index contributed by atoms with van der Waals surface area (Å²) in [6.45, 7) is 6.08. The summed E-state index contributed by atoms with van der Waals surface area (Å²) in [4.78, 5) is 26.7. The average Bonchev–Trinajstić information content (AvgIpc) is 2.78. The molecule has 0 unspecified atom stereocenters. The Kier molecular flexibility index (Phi) is 7.79. The number of likely N-dealkylation sites (N-methyl/N-ethyl adjacent to an activating group) is 1. The first-order chi connectivity index (χ1) is 15.3.